The fraction of sp³-hybridized carbons (Fsp3) is 0.238. The molecule has 0 heterocycles. The Hall–Kier alpha value is -2.60. The van der Waals surface area contributed by atoms with Gasteiger partial charge in [0.05, 0.1) is 0 Å². The minimum atomic E-state index is -4.39. The summed E-state index contributed by atoms with van der Waals surface area (Å²) in [5, 5.41) is 1.70. The highest BCUT2D eigenvalue weighted by Crippen LogP contribution is 2.29. The van der Waals surface area contributed by atoms with E-state index in [1.807, 2.05) is 24.3 Å². The van der Waals surface area contributed by atoms with Gasteiger partial charge in [-0.05, 0) is 59.1 Å². The van der Waals surface area contributed by atoms with Gasteiger partial charge in [0.1, 0.15) is 11.6 Å². The van der Waals surface area contributed by atoms with Crippen molar-refractivity contribution in [2.24, 2.45) is 5.73 Å². The first-order valence-electron chi connectivity index (χ1n) is 8.52. The number of halogens is 4. The number of nitrogens with two attached hydrogens (primary N) is 1. The van der Waals surface area contributed by atoms with Crippen LogP contribution in [-0.4, -0.2) is 19.3 Å². The molecule has 0 aliphatic rings. The van der Waals surface area contributed by atoms with Gasteiger partial charge >= 0.3 is 6.18 Å². The van der Waals surface area contributed by atoms with Gasteiger partial charge in [-0.3, -0.25) is 0 Å². The molecule has 0 saturated carbocycles. The molecule has 0 radical (unpaired) electrons. The van der Waals surface area contributed by atoms with E-state index in [1.54, 1.807) is 18.2 Å². The summed E-state index contributed by atoms with van der Waals surface area (Å²) in [7, 11) is 0. The van der Waals surface area contributed by atoms with Crippen molar-refractivity contribution in [2.45, 2.75) is 18.5 Å². The highest BCUT2D eigenvalue weighted by atomic mass is 19.4. The Morgan fingerprint density at radius 1 is 0.963 bits per heavy atom. The molecular formula is C21H19F4NO. The Labute approximate surface area is 154 Å². The number of hydrogen-bond donors (Lipinski definition) is 1. The van der Waals surface area contributed by atoms with Gasteiger partial charge in [-0.25, -0.2) is 4.39 Å². The fourth-order valence-electron chi connectivity index (χ4n) is 3.16. The Morgan fingerprint density at radius 3 is 2.48 bits per heavy atom. The predicted octanol–water partition coefficient (Wildman–Crippen LogP) is 5.21. The Balaban J connectivity index is 1.85. The zero-order valence-electron chi connectivity index (χ0n) is 14.5. The van der Waals surface area contributed by atoms with Crippen LogP contribution in [0, 0.1) is 5.82 Å². The van der Waals surface area contributed by atoms with Crippen LogP contribution >= 0.6 is 0 Å². The van der Waals surface area contributed by atoms with Crippen molar-refractivity contribution in [1.29, 1.82) is 0 Å². The maximum absolute atomic E-state index is 13.7. The molecule has 2 nitrogen and oxygen atoms in total. The van der Waals surface area contributed by atoms with Crippen LogP contribution in [-0.2, 0) is 6.42 Å². The number of benzene rings is 3. The lowest BCUT2D eigenvalue weighted by Gasteiger charge is -2.18. The lowest BCUT2D eigenvalue weighted by Crippen LogP contribution is -2.19. The summed E-state index contributed by atoms with van der Waals surface area (Å²) in [5.74, 6) is -0.272. The van der Waals surface area contributed by atoms with Crippen molar-refractivity contribution in [2.75, 3.05) is 13.2 Å². The molecule has 0 aromatic heterocycles. The van der Waals surface area contributed by atoms with Crippen LogP contribution in [0.2, 0.25) is 0 Å². The van der Waals surface area contributed by atoms with E-state index in [9.17, 15) is 17.6 Å². The fourth-order valence-corrected chi connectivity index (χ4v) is 3.16. The van der Waals surface area contributed by atoms with E-state index in [0.717, 1.165) is 21.9 Å². The van der Waals surface area contributed by atoms with E-state index < -0.39 is 12.8 Å². The second kappa shape index (κ2) is 7.96. The predicted molar refractivity (Wildman–Crippen MR) is 97.4 cm³/mol. The topological polar surface area (TPSA) is 35.2 Å². The molecule has 1 unspecified atom stereocenters. The van der Waals surface area contributed by atoms with E-state index in [1.165, 1.54) is 18.2 Å². The van der Waals surface area contributed by atoms with Gasteiger partial charge in [-0.2, -0.15) is 13.2 Å². The molecule has 6 heteroatoms. The van der Waals surface area contributed by atoms with Crippen molar-refractivity contribution < 1.29 is 22.3 Å². The van der Waals surface area contributed by atoms with Crippen LogP contribution in [0.5, 0.6) is 5.75 Å². The number of rotatable bonds is 6. The average Bonchev–Trinajstić information content (AvgIpc) is 2.64. The van der Waals surface area contributed by atoms with E-state index in [0.29, 0.717) is 13.0 Å². The van der Waals surface area contributed by atoms with Gasteiger partial charge in [0.15, 0.2) is 6.61 Å². The van der Waals surface area contributed by atoms with Gasteiger partial charge in [-0.1, -0.05) is 36.4 Å². The van der Waals surface area contributed by atoms with Gasteiger partial charge in [0.2, 0.25) is 0 Å². The highest BCUT2D eigenvalue weighted by molar-refractivity contribution is 5.86. The molecule has 0 aliphatic carbocycles. The third-order valence-electron chi connectivity index (χ3n) is 4.39. The summed E-state index contributed by atoms with van der Waals surface area (Å²) < 4.78 is 55.5. The third kappa shape index (κ3) is 4.98. The summed E-state index contributed by atoms with van der Waals surface area (Å²) in [6.45, 7) is -1.01. The van der Waals surface area contributed by atoms with E-state index >= 15 is 0 Å². The summed E-state index contributed by atoms with van der Waals surface area (Å²) >= 11 is 0. The van der Waals surface area contributed by atoms with E-state index in [-0.39, 0.29) is 17.5 Å². The maximum atomic E-state index is 13.7. The first-order chi connectivity index (χ1) is 12.9. The number of alkyl halides is 3. The van der Waals surface area contributed by atoms with E-state index in [4.69, 9.17) is 10.5 Å². The molecular weight excluding hydrogens is 358 g/mol. The van der Waals surface area contributed by atoms with Crippen molar-refractivity contribution >= 4 is 10.8 Å². The molecule has 0 amide bonds. The van der Waals surface area contributed by atoms with Crippen LogP contribution < -0.4 is 10.5 Å². The number of fused-ring (bicyclic) bond motifs is 1. The maximum Gasteiger partial charge on any atom is 0.422 e. The quantitative estimate of drug-likeness (QED) is 0.599. The Morgan fingerprint density at radius 2 is 1.74 bits per heavy atom. The first-order valence-corrected chi connectivity index (χ1v) is 8.52. The zero-order chi connectivity index (χ0) is 19.4. The van der Waals surface area contributed by atoms with Crippen LogP contribution in [0.15, 0.2) is 60.7 Å². The Bertz CT molecular complexity index is 923. The van der Waals surface area contributed by atoms with Crippen molar-refractivity contribution in [1.82, 2.24) is 0 Å². The lowest BCUT2D eigenvalue weighted by molar-refractivity contribution is -0.153. The third-order valence-corrected chi connectivity index (χ3v) is 4.39. The SMILES string of the molecule is NCC(Cc1cccc(OCC(F)(F)F)c1)c1cccc2ccc(F)cc12. The van der Waals surface area contributed by atoms with Crippen LogP contribution in [0.25, 0.3) is 10.8 Å². The van der Waals surface area contributed by atoms with Crippen molar-refractivity contribution in [3.8, 4) is 5.75 Å². The zero-order valence-corrected chi connectivity index (χ0v) is 14.5. The van der Waals surface area contributed by atoms with Gasteiger partial charge < -0.3 is 10.5 Å². The monoisotopic (exact) mass is 377 g/mol. The minimum absolute atomic E-state index is 0.103. The molecule has 0 spiro atoms. The molecule has 0 fully saturated rings. The number of hydrogen-bond acceptors (Lipinski definition) is 2. The van der Waals surface area contributed by atoms with Crippen molar-refractivity contribution in [3.05, 3.63) is 77.6 Å². The molecule has 0 saturated heterocycles. The van der Waals surface area contributed by atoms with Gasteiger partial charge in [0, 0.05) is 5.92 Å². The first kappa shape index (κ1) is 19.2. The van der Waals surface area contributed by atoms with Crippen LogP contribution in [0.3, 0.4) is 0 Å². The highest BCUT2D eigenvalue weighted by Gasteiger charge is 2.28. The lowest BCUT2D eigenvalue weighted by atomic mass is 9.88. The number of ether oxygens (including phenoxy) is 1. The van der Waals surface area contributed by atoms with Gasteiger partial charge in [0.25, 0.3) is 0 Å². The second-order valence-electron chi connectivity index (χ2n) is 6.40. The average molecular weight is 377 g/mol. The molecule has 1 atom stereocenters. The second-order valence-corrected chi connectivity index (χ2v) is 6.40. The molecule has 27 heavy (non-hydrogen) atoms. The molecule has 142 valence electrons. The van der Waals surface area contributed by atoms with Gasteiger partial charge in [-0.15, -0.1) is 0 Å². The summed E-state index contributed by atoms with van der Waals surface area (Å²) in [6.07, 6.45) is -3.88. The smallest absolute Gasteiger partial charge is 0.422 e. The largest absolute Gasteiger partial charge is 0.484 e. The summed E-state index contributed by atoms with van der Waals surface area (Å²) in [4.78, 5) is 0. The van der Waals surface area contributed by atoms with Crippen molar-refractivity contribution in [3.63, 3.8) is 0 Å². The molecule has 2 N–H and O–H groups in total. The molecule has 3 aromatic rings. The summed E-state index contributed by atoms with van der Waals surface area (Å²) in [6, 6.07) is 16.8. The molecule has 3 aromatic carbocycles. The molecule has 3 rings (SSSR count). The molecule has 0 bridgehead atoms. The van der Waals surface area contributed by atoms with Crippen LogP contribution in [0.1, 0.15) is 17.0 Å². The van der Waals surface area contributed by atoms with E-state index in [2.05, 4.69) is 0 Å². The standard InChI is InChI=1S/C21H19F4NO/c22-17-8-7-15-4-2-6-19(20(15)11-17)16(12-26)9-14-3-1-5-18(10-14)27-13-21(23,24)25/h1-8,10-11,16H,9,12-13,26H2. The Kier molecular flexibility index (Phi) is 5.65. The molecule has 0 aliphatic heterocycles. The summed E-state index contributed by atoms with van der Waals surface area (Å²) in [5.41, 5.74) is 7.68. The minimum Gasteiger partial charge on any atom is -0.484 e. The normalized spacial score (nSPS) is 12.9. The van der Waals surface area contributed by atoms with Crippen LogP contribution in [0.4, 0.5) is 17.6 Å².